The summed E-state index contributed by atoms with van der Waals surface area (Å²) in [7, 11) is -3.55. The van der Waals surface area contributed by atoms with Crippen molar-refractivity contribution >= 4 is 15.7 Å². The summed E-state index contributed by atoms with van der Waals surface area (Å²) in [5, 5.41) is 0. The minimum atomic E-state index is -3.55. The van der Waals surface area contributed by atoms with Crippen LogP contribution in [0.25, 0.3) is 0 Å². The van der Waals surface area contributed by atoms with Gasteiger partial charge >= 0.3 is 0 Å². The molecule has 3 unspecified atom stereocenters. The van der Waals surface area contributed by atoms with E-state index in [0.29, 0.717) is 24.1 Å². The first-order chi connectivity index (χ1) is 9.66. The molecule has 0 aliphatic carbocycles. The molecule has 1 fully saturated rings. The van der Waals surface area contributed by atoms with Gasteiger partial charge in [0.1, 0.15) is 4.90 Å². The molecule has 0 aromatic heterocycles. The topological polar surface area (TPSA) is 63.4 Å². The molecule has 2 rings (SSSR count). The Morgan fingerprint density at radius 2 is 1.81 bits per heavy atom. The molecule has 1 aliphatic heterocycles. The third-order valence-corrected chi connectivity index (χ3v) is 6.97. The fraction of sp³-hybridized carbons (Fsp3) is 0.625. The van der Waals surface area contributed by atoms with E-state index in [0.717, 1.165) is 17.5 Å². The van der Waals surface area contributed by atoms with Gasteiger partial charge in [-0.1, -0.05) is 19.9 Å². The first-order valence-electron chi connectivity index (χ1n) is 7.53. The molecule has 1 saturated heterocycles. The van der Waals surface area contributed by atoms with E-state index in [1.54, 1.807) is 10.4 Å². The highest BCUT2D eigenvalue weighted by Crippen LogP contribution is 2.35. The van der Waals surface area contributed by atoms with Crippen LogP contribution < -0.4 is 5.73 Å². The van der Waals surface area contributed by atoms with Gasteiger partial charge in [0.15, 0.2) is 0 Å². The Balaban J connectivity index is 2.54. The molecule has 0 amide bonds. The SMILES string of the molecule is Cc1ccc(N)c(S(=O)(=O)N2CC(C)CC(C)C2C)c1C. The third kappa shape index (κ3) is 2.81. The molecular weight excluding hydrogens is 284 g/mol. The van der Waals surface area contributed by atoms with Crippen molar-refractivity contribution in [3.05, 3.63) is 23.3 Å². The van der Waals surface area contributed by atoms with Crippen LogP contribution in [-0.4, -0.2) is 25.3 Å². The third-order valence-electron chi connectivity index (χ3n) is 4.82. The van der Waals surface area contributed by atoms with Crippen molar-refractivity contribution < 1.29 is 8.42 Å². The second-order valence-corrected chi connectivity index (χ2v) is 8.39. The Morgan fingerprint density at radius 3 is 2.43 bits per heavy atom. The number of benzene rings is 1. The summed E-state index contributed by atoms with van der Waals surface area (Å²) in [6.07, 6.45) is 1.06. The number of sulfonamides is 1. The zero-order valence-electron chi connectivity index (χ0n) is 13.6. The predicted molar refractivity (Wildman–Crippen MR) is 86.6 cm³/mol. The normalized spacial score (nSPS) is 27.8. The quantitative estimate of drug-likeness (QED) is 0.854. The standard InChI is InChI=1S/C16H26N2O2S/c1-10-8-12(3)14(5)18(9-10)21(19,20)16-13(4)11(2)6-7-15(16)17/h6-7,10,12,14H,8-9,17H2,1-5H3. The Morgan fingerprint density at radius 1 is 1.19 bits per heavy atom. The summed E-state index contributed by atoms with van der Waals surface area (Å²) in [5.74, 6) is 0.729. The zero-order chi connectivity index (χ0) is 15.9. The second-order valence-electron chi connectivity index (χ2n) is 6.56. The van der Waals surface area contributed by atoms with Crippen molar-refractivity contribution in [1.29, 1.82) is 0 Å². The summed E-state index contributed by atoms with van der Waals surface area (Å²) in [4.78, 5) is 0.288. The van der Waals surface area contributed by atoms with E-state index in [-0.39, 0.29) is 10.9 Å². The lowest BCUT2D eigenvalue weighted by Crippen LogP contribution is -2.49. The number of aryl methyl sites for hydroxylation is 1. The number of rotatable bonds is 2. The van der Waals surface area contributed by atoms with Crippen molar-refractivity contribution in [3.63, 3.8) is 0 Å². The van der Waals surface area contributed by atoms with Gasteiger partial charge in [-0.3, -0.25) is 0 Å². The number of nitrogens with two attached hydrogens (primary N) is 1. The number of hydrogen-bond acceptors (Lipinski definition) is 3. The summed E-state index contributed by atoms with van der Waals surface area (Å²) >= 11 is 0. The zero-order valence-corrected chi connectivity index (χ0v) is 14.4. The van der Waals surface area contributed by atoms with Crippen LogP contribution in [0.15, 0.2) is 17.0 Å². The molecule has 4 nitrogen and oxygen atoms in total. The van der Waals surface area contributed by atoms with Gasteiger partial charge in [0.2, 0.25) is 10.0 Å². The number of nitrogen functional groups attached to an aromatic ring is 1. The Labute approximate surface area is 128 Å². The largest absolute Gasteiger partial charge is 0.398 e. The predicted octanol–water partition coefficient (Wildman–Crippen LogP) is 2.94. The Bertz CT molecular complexity index is 640. The summed E-state index contributed by atoms with van der Waals surface area (Å²) in [6.45, 7) is 10.5. The van der Waals surface area contributed by atoms with Gasteiger partial charge in [-0.05, 0) is 56.2 Å². The van der Waals surface area contributed by atoms with E-state index < -0.39 is 10.0 Å². The minimum Gasteiger partial charge on any atom is -0.398 e. The van der Waals surface area contributed by atoms with Crippen LogP contribution in [0.1, 0.15) is 38.3 Å². The van der Waals surface area contributed by atoms with Crippen LogP contribution >= 0.6 is 0 Å². The van der Waals surface area contributed by atoms with E-state index in [1.165, 1.54) is 0 Å². The van der Waals surface area contributed by atoms with Gasteiger partial charge in [0, 0.05) is 12.6 Å². The van der Waals surface area contributed by atoms with Gasteiger partial charge < -0.3 is 5.73 Å². The molecule has 0 bridgehead atoms. The van der Waals surface area contributed by atoms with Gasteiger partial charge in [-0.25, -0.2) is 8.42 Å². The number of piperidine rings is 1. The maximum atomic E-state index is 13.1. The summed E-state index contributed by atoms with van der Waals surface area (Å²) in [6, 6.07) is 3.57. The van der Waals surface area contributed by atoms with Crippen molar-refractivity contribution in [1.82, 2.24) is 4.31 Å². The molecule has 21 heavy (non-hydrogen) atoms. The lowest BCUT2D eigenvalue weighted by molar-refractivity contribution is 0.157. The van der Waals surface area contributed by atoms with E-state index in [9.17, 15) is 8.42 Å². The molecule has 5 heteroatoms. The molecular formula is C16H26N2O2S. The molecule has 0 radical (unpaired) electrons. The lowest BCUT2D eigenvalue weighted by atomic mass is 9.88. The van der Waals surface area contributed by atoms with Crippen LogP contribution in [0.4, 0.5) is 5.69 Å². The molecule has 1 heterocycles. The molecule has 118 valence electrons. The smallest absolute Gasteiger partial charge is 0.245 e. The lowest BCUT2D eigenvalue weighted by Gasteiger charge is -2.40. The van der Waals surface area contributed by atoms with Crippen LogP contribution in [0.3, 0.4) is 0 Å². The molecule has 1 aliphatic rings. The van der Waals surface area contributed by atoms with Crippen LogP contribution in [-0.2, 0) is 10.0 Å². The first-order valence-corrected chi connectivity index (χ1v) is 8.97. The van der Waals surface area contributed by atoms with Gasteiger partial charge in [-0.2, -0.15) is 4.31 Å². The number of hydrogen-bond donors (Lipinski definition) is 1. The maximum absolute atomic E-state index is 13.1. The highest BCUT2D eigenvalue weighted by atomic mass is 32.2. The van der Waals surface area contributed by atoms with Crippen LogP contribution in [0.2, 0.25) is 0 Å². The van der Waals surface area contributed by atoms with Crippen LogP contribution in [0.5, 0.6) is 0 Å². The molecule has 1 aromatic rings. The fourth-order valence-corrected chi connectivity index (χ4v) is 5.50. The van der Waals surface area contributed by atoms with E-state index in [1.807, 2.05) is 26.8 Å². The Kier molecular flexibility index (Phi) is 4.36. The van der Waals surface area contributed by atoms with E-state index in [4.69, 9.17) is 5.73 Å². The average Bonchev–Trinajstić information content (AvgIpc) is 2.38. The van der Waals surface area contributed by atoms with Crippen LogP contribution in [0, 0.1) is 25.7 Å². The molecule has 0 saturated carbocycles. The number of anilines is 1. The van der Waals surface area contributed by atoms with E-state index in [2.05, 4.69) is 13.8 Å². The second kappa shape index (κ2) is 5.61. The monoisotopic (exact) mass is 310 g/mol. The van der Waals surface area contributed by atoms with Gasteiger partial charge in [-0.15, -0.1) is 0 Å². The van der Waals surface area contributed by atoms with Crippen molar-refractivity contribution in [2.45, 2.75) is 52.0 Å². The Hall–Kier alpha value is -1.07. The molecule has 1 aromatic carbocycles. The fourth-order valence-electron chi connectivity index (χ4n) is 3.25. The average molecular weight is 310 g/mol. The minimum absolute atomic E-state index is 0.00510. The van der Waals surface area contributed by atoms with Crippen molar-refractivity contribution in [2.24, 2.45) is 11.8 Å². The summed E-state index contributed by atoms with van der Waals surface area (Å²) < 4.78 is 27.9. The highest BCUT2D eigenvalue weighted by molar-refractivity contribution is 7.89. The highest BCUT2D eigenvalue weighted by Gasteiger charge is 2.38. The molecule has 0 spiro atoms. The first kappa shape index (κ1) is 16.3. The maximum Gasteiger partial charge on any atom is 0.245 e. The summed E-state index contributed by atoms with van der Waals surface area (Å²) in [5.41, 5.74) is 8.05. The van der Waals surface area contributed by atoms with Gasteiger partial charge in [0.25, 0.3) is 0 Å². The van der Waals surface area contributed by atoms with E-state index >= 15 is 0 Å². The van der Waals surface area contributed by atoms with Gasteiger partial charge in [0.05, 0.1) is 5.69 Å². The molecule has 2 N–H and O–H groups in total. The van der Waals surface area contributed by atoms with Crippen molar-refractivity contribution in [2.75, 3.05) is 12.3 Å². The van der Waals surface area contributed by atoms with Crippen molar-refractivity contribution in [3.8, 4) is 0 Å². The number of nitrogens with zero attached hydrogens (tertiary/aromatic N) is 1. The molecule has 3 atom stereocenters.